The van der Waals surface area contributed by atoms with Gasteiger partial charge in [-0.2, -0.15) is 14.0 Å². The van der Waals surface area contributed by atoms with E-state index in [1.807, 2.05) is 56.3 Å². The van der Waals surface area contributed by atoms with E-state index in [1.165, 1.54) is 12.3 Å². The molecular formula is C27H21F2N5O2. The highest BCUT2D eigenvalue weighted by Gasteiger charge is 2.21. The van der Waals surface area contributed by atoms with E-state index in [1.54, 1.807) is 28.4 Å². The van der Waals surface area contributed by atoms with Gasteiger partial charge in [0.2, 0.25) is 5.88 Å². The number of ether oxygens (including phenoxy) is 1. The van der Waals surface area contributed by atoms with E-state index in [2.05, 4.69) is 20.8 Å². The predicted molar refractivity (Wildman–Crippen MR) is 132 cm³/mol. The zero-order chi connectivity index (χ0) is 25.6. The summed E-state index contributed by atoms with van der Waals surface area (Å²) < 4.78 is 32.4. The van der Waals surface area contributed by atoms with Crippen molar-refractivity contribution in [1.29, 1.82) is 5.26 Å². The number of alkyl halides is 2. The van der Waals surface area contributed by atoms with Gasteiger partial charge in [0.25, 0.3) is 0 Å². The molecule has 0 amide bonds. The number of halogens is 2. The molecule has 5 rings (SSSR count). The molecule has 180 valence electrons. The number of nitriles is 1. The summed E-state index contributed by atoms with van der Waals surface area (Å²) in [6, 6.07) is 18.3. The predicted octanol–water partition coefficient (Wildman–Crippen LogP) is 5.34. The number of hydrogen-bond donors (Lipinski definition) is 0. The Morgan fingerprint density at radius 1 is 1.00 bits per heavy atom. The van der Waals surface area contributed by atoms with Gasteiger partial charge in [-0.1, -0.05) is 18.2 Å². The molecular weight excluding hydrogens is 464 g/mol. The van der Waals surface area contributed by atoms with E-state index in [4.69, 9.17) is 0 Å². The summed E-state index contributed by atoms with van der Waals surface area (Å²) in [5.41, 5.74) is 4.14. The van der Waals surface area contributed by atoms with Crippen molar-refractivity contribution in [3.05, 3.63) is 83.0 Å². The average molecular weight is 485 g/mol. The van der Waals surface area contributed by atoms with Crippen molar-refractivity contribution in [2.45, 2.75) is 25.9 Å². The molecule has 0 radical (unpaired) electrons. The number of hydrogen-bond acceptors (Lipinski definition) is 5. The minimum atomic E-state index is -2.95. The molecule has 3 heterocycles. The van der Waals surface area contributed by atoms with Crippen LogP contribution in [0.25, 0.3) is 38.8 Å². The third-order valence-electron chi connectivity index (χ3n) is 6.29. The summed E-state index contributed by atoms with van der Waals surface area (Å²) >= 11 is 0. The number of rotatable bonds is 5. The fraction of sp³-hybridized carbons (Fsp3) is 0.185. The molecule has 7 nitrogen and oxygen atoms in total. The van der Waals surface area contributed by atoms with E-state index < -0.39 is 12.0 Å². The van der Waals surface area contributed by atoms with Crippen molar-refractivity contribution in [3.8, 4) is 28.8 Å². The SMILES string of the molecule is Cn1c(=O)n(-c2ccc(C(C)(C)C#N)cc2)c2c3cc(-c4ccc(OC(F)F)nc4)ccc3ncc21. The Labute approximate surface area is 204 Å². The van der Waals surface area contributed by atoms with Gasteiger partial charge in [-0.05, 0) is 55.3 Å². The molecule has 0 N–H and O–H groups in total. The third kappa shape index (κ3) is 3.86. The fourth-order valence-electron chi connectivity index (χ4n) is 4.22. The largest absolute Gasteiger partial charge is 0.417 e. The Morgan fingerprint density at radius 3 is 2.36 bits per heavy atom. The minimum absolute atomic E-state index is 0.168. The summed E-state index contributed by atoms with van der Waals surface area (Å²) in [4.78, 5) is 21.8. The van der Waals surface area contributed by atoms with Gasteiger partial charge in [0, 0.05) is 30.3 Å². The maximum Gasteiger partial charge on any atom is 0.388 e. The van der Waals surface area contributed by atoms with Gasteiger partial charge < -0.3 is 4.74 Å². The van der Waals surface area contributed by atoms with Gasteiger partial charge in [0.05, 0.1) is 39.9 Å². The van der Waals surface area contributed by atoms with Crippen LogP contribution in [0, 0.1) is 11.3 Å². The molecule has 36 heavy (non-hydrogen) atoms. The van der Waals surface area contributed by atoms with Gasteiger partial charge in [-0.15, -0.1) is 0 Å². The monoisotopic (exact) mass is 485 g/mol. The maximum absolute atomic E-state index is 13.3. The van der Waals surface area contributed by atoms with E-state index in [0.717, 1.165) is 16.5 Å². The van der Waals surface area contributed by atoms with Crippen LogP contribution in [0.5, 0.6) is 5.88 Å². The van der Waals surface area contributed by atoms with Gasteiger partial charge in [-0.25, -0.2) is 9.78 Å². The topological polar surface area (TPSA) is 85.7 Å². The molecule has 0 aliphatic heterocycles. The summed E-state index contributed by atoms with van der Waals surface area (Å²) in [5, 5.41) is 10.2. The van der Waals surface area contributed by atoms with Crippen LogP contribution in [0.2, 0.25) is 0 Å². The smallest absolute Gasteiger partial charge is 0.388 e. The first-order valence-electron chi connectivity index (χ1n) is 11.1. The lowest BCUT2D eigenvalue weighted by atomic mass is 9.86. The highest BCUT2D eigenvalue weighted by atomic mass is 19.3. The highest BCUT2D eigenvalue weighted by molar-refractivity contribution is 6.04. The summed E-state index contributed by atoms with van der Waals surface area (Å²) in [7, 11) is 1.69. The molecule has 0 bridgehead atoms. The van der Waals surface area contributed by atoms with Crippen molar-refractivity contribution in [2.24, 2.45) is 7.05 Å². The Kier molecular flexibility index (Phi) is 5.52. The number of aryl methyl sites for hydroxylation is 1. The lowest BCUT2D eigenvalue weighted by Crippen LogP contribution is -2.21. The highest BCUT2D eigenvalue weighted by Crippen LogP contribution is 2.31. The molecule has 0 aliphatic carbocycles. The van der Waals surface area contributed by atoms with Gasteiger partial charge in [0.15, 0.2) is 0 Å². The Bertz CT molecular complexity index is 1700. The third-order valence-corrected chi connectivity index (χ3v) is 6.29. The maximum atomic E-state index is 13.3. The van der Waals surface area contributed by atoms with Crippen LogP contribution >= 0.6 is 0 Å². The molecule has 0 aliphatic rings. The molecule has 9 heteroatoms. The van der Waals surface area contributed by atoms with Crippen LogP contribution in [-0.4, -0.2) is 25.7 Å². The number of aromatic nitrogens is 4. The summed E-state index contributed by atoms with van der Waals surface area (Å²) in [6.45, 7) is 0.736. The molecule has 0 saturated carbocycles. The fourth-order valence-corrected chi connectivity index (χ4v) is 4.22. The number of imidazole rings is 1. The first kappa shape index (κ1) is 23.2. The summed E-state index contributed by atoms with van der Waals surface area (Å²) in [5.74, 6) is -0.168. The zero-order valence-electron chi connectivity index (χ0n) is 19.7. The second-order valence-corrected chi connectivity index (χ2v) is 8.95. The Morgan fingerprint density at radius 2 is 1.72 bits per heavy atom. The number of nitrogens with zero attached hydrogens (tertiary/aromatic N) is 5. The van der Waals surface area contributed by atoms with Crippen molar-refractivity contribution in [3.63, 3.8) is 0 Å². The Hall–Kier alpha value is -4.58. The molecule has 0 fully saturated rings. The minimum Gasteiger partial charge on any atom is -0.417 e. The van der Waals surface area contributed by atoms with Crippen LogP contribution in [-0.2, 0) is 12.5 Å². The lowest BCUT2D eigenvalue weighted by molar-refractivity contribution is -0.0528. The second-order valence-electron chi connectivity index (χ2n) is 8.95. The van der Waals surface area contributed by atoms with E-state index in [-0.39, 0.29) is 11.6 Å². The molecule has 0 atom stereocenters. The first-order chi connectivity index (χ1) is 17.2. The lowest BCUT2D eigenvalue weighted by Gasteiger charge is -2.16. The molecule has 0 saturated heterocycles. The van der Waals surface area contributed by atoms with Crippen LogP contribution in [0.15, 0.2) is 71.8 Å². The van der Waals surface area contributed by atoms with E-state index >= 15 is 0 Å². The molecule has 0 spiro atoms. The van der Waals surface area contributed by atoms with Crippen molar-refractivity contribution >= 4 is 21.9 Å². The molecule has 3 aromatic heterocycles. The van der Waals surface area contributed by atoms with E-state index in [0.29, 0.717) is 27.8 Å². The normalized spacial score (nSPS) is 11.8. The molecule has 2 aromatic carbocycles. The average Bonchev–Trinajstić information content (AvgIpc) is 3.14. The van der Waals surface area contributed by atoms with Gasteiger partial charge in [-0.3, -0.25) is 14.1 Å². The van der Waals surface area contributed by atoms with Crippen LogP contribution in [0.4, 0.5) is 8.78 Å². The van der Waals surface area contributed by atoms with Crippen LogP contribution in [0.1, 0.15) is 19.4 Å². The number of benzene rings is 2. The van der Waals surface area contributed by atoms with Gasteiger partial charge >= 0.3 is 12.3 Å². The van der Waals surface area contributed by atoms with Crippen molar-refractivity contribution < 1.29 is 13.5 Å². The Balaban J connectivity index is 1.69. The first-order valence-corrected chi connectivity index (χ1v) is 11.1. The quantitative estimate of drug-likeness (QED) is 0.335. The van der Waals surface area contributed by atoms with Crippen LogP contribution in [0.3, 0.4) is 0 Å². The molecule has 0 unspecified atom stereocenters. The second kappa shape index (κ2) is 8.57. The van der Waals surface area contributed by atoms with Crippen molar-refractivity contribution in [2.75, 3.05) is 0 Å². The number of pyridine rings is 2. The summed E-state index contributed by atoms with van der Waals surface area (Å²) in [6.07, 6.45) is 3.13. The molecule has 5 aromatic rings. The standard InChI is InChI=1S/C27H21F2N5O2/c1-27(2,15-30)18-6-8-19(9-7-18)34-24-20-12-16(17-5-11-23(32-13-17)36-25(28)29)4-10-21(20)31-14-22(24)33(3)26(34)35/h4-14,25H,1-3H3. The zero-order valence-corrected chi connectivity index (χ0v) is 19.7. The van der Waals surface area contributed by atoms with E-state index in [9.17, 15) is 18.8 Å². The number of fused-ring (bicyclic) bond motifs is 3. The van der Waals surface area contributed by atoms with Crippen LogP contribution < -0.4 is 10.4 Å². The van der Waals surface area contributed by atoms with Crippen molar-refractivity contribution in [1.82, 2.24) is 19.1 Å². The van der Waals surface area contributed by atoms with Gasteiger partial charge in [0.1, 0.15) is 0 Å².